The third kappa shape index (κ3) is 57.8. The minimum Gasteiger partial charge on any atom is -0.343 e. The Kier molecular flexibility index (Phi) is 65.1. The molecular formula is C39H85KN-. The molecular weight excluding hydrogens is 522 g/mol. The fraction of sp³-hybridized carbons (Fsp3) is 0.949. The van der Waals surface area contributed by atoms with E-state index in [9.17, 15) is 0 Å². The molecule has 41 heavy (non-hydrogen) atoms. The van der Waals surface area contributed by atoms with E-state index < -0.39 is 0 Å². The molecule has 2 unspecified atom stereocenters. The average molecular weight is 607 g/mol. The molecule has 0 aromatic heterocycles. The first-order valence-electron chi connectivity index (χ1n) is 18.7. The van der Waals surface area contributed by atoms with Crippen molar-refractivity contribution in [1.82, 2.24) is 4.90 Å². The molecule has 0 aliphatic heterocycles. The molecule has 1 nitrogen and oxygen atoms in total. The zero-order valence-corrected chi connectivity index (χ0v) is 34.7. The molecule has 0 amide bonds. The van der Waals surface area contributed by atoms with Crippen molar-refractivity contribution in [3.63, 3.8) is 0 Å². The summed E-state index contributed by atoms with van der Waals surface area (Å²) in [6.45, 7) is 26.5. The zero-order valence-electron chi connectivity index (χ0n) is 31.6. The molecule has 0 fully saturated rings. The van der Waals surface area contributed by atoms with Gasteiger partial charge in [-0.15, -0.1) is 0 Å². The third-order valence-electron chi connectivity index (χ3n) is 7.50. The summed E-state index contributed by atoms with van der Waals surface area (Å²) in [5, 5.41) is 0. The second kappa shape index (κ2) is 51.2. The fourth-order valence-corrected chi connectivity index (χ4v) is 5.04. The van der Waals surface area contributed by atoms with Crippen molar-refractivity contribution in [1.29, 1.82) is 0 Å². The van der Waals surface area contributed by atoms with Gasteiger partial charge in [0.2, 0.25) is 0 Å². The summed E-state index contributed by atoms with van der Waals surface area (Å²) in [5.41, 5.74) is 0. The summed E-state index contributed by atoms with van der Waals surface area (Å²) in [6.07, 6.45) is 34.1. The van der Waals surface area contributed by atoms with E-state index in [1.807, 2.05) is 13.8 Å². The van der Waals surface area contributed by atoms with E-state index in [-0.39, 0.29) is 51.4 Å². The van der Waals surface area contributed by atoms with Crippen LogP contribution in [-0.4, -0.2) is 25.0 Å². The van der Waals surface area contributed by atoms with Gasteiger partial charge in [0.25, 0.3) is 0 Å². The molecule has 0 heterocycles. The molecule has 0 rings (SSSR count). The van der Waals surface area contributed by atoms with Crippen LogP contribution in [-0.2, 0) is 0 Å². The van der Waals surface area contributed by atoms with Gasteiger partial charge in [-0.1, -0.05) is 178 Å². The van der Waals surface area contributed by atoms with Crippen LogP contribution in [0.1, 0.15) is 210 Å². The topological polar surface area (TPSA) is 3.24 Å². The summed E-state index contributed by atoms with van der Waals surface area (Å²) in [4.78, 5) is 2.56. The minimum absolute atomic E-state index is 0. The fourth-order valence-electron chi connectivity index (χ4n) is 5.04. The van der Waals surface area contributed by atoms with E-state index in [0.717, 1.165) is 18.3 Å². The SMILES string of the molecule is CC.CCCCCC.CC[CH-]CCCCCCCC.[CH2-]CCCCCC(C)CN(C)CC(C)CCCCCCC.[K+]. The van der Waals surface area contributed by atoms with Crippen LogP contribution in [0, 0.1) is 25.2 Å². The van der Waals surface area contributed by atoms with Gasteiger partial charge < -0.3 is 18.2 Å². The predicted molar refractivity (Wildman–Crippen MR) is 191 cm³/mol. The largest absolute Gasteiger partial charge is 1.00 e. The van der Waals surface area contributed by atoms with Gasteiger partial charge in [-0.3, -0.25) is 0 Å². The molecule has 0 radical (unpaired) electrons. The van der Waals surface area contributed by atoms with Crippen molar-refractivity contribution in [2.24, 2.45) is 11.8 Å². The Morgan fingerprint density at radius 3 is 1.27 bits per heavy atom. The number of rotatable bonds is 26. The number of nitrogens with zero attached hydrogens (tertiary/aromatic N) is 1. The van der Waals surface area contributed by atoms with Crippen LogP contribution < -0.4 is 51.4 Å². The van der Waals surface area contributed by atoms with Gasteiger partial charge >= 0.3 is 51.4 Å². The summed E-state index contributed by atoms with van der Waals surface area (Å²) in [5.74, 6) is 1.70. The van der Waals surface area contributed by atoms with Crippen molar-refractivity contribution in [3.8, 4) is 0 Å². The Hall–Kier alpha value is 1.60. The molecule has 0 N–H and O–H groups in total. The van der Waals surface area contributed by atoms with Gasteiger partial charge in [0.15, 0.2) is 0 Å². The Morgan fingerprint density at radius 1 is 0.537 bits per heavy atom. The zero-order chi connectivity index (χ0) is 31.1. The third-order valence-corrected chi connectivity index (χ3v) is 7.50. The van der Waals surface area contributed by atoms with Gasteiger partial charge in [-0.05, 0) is 31.7 Å². The monoisotopic (exact) mass is 607 g/mol. The van der Waals surface area contributed by atoms with Gasteiger partial charge in [0.1, 0.15) is 0 Å². The van der Waals surface area contributed by atoms with E-state index in [2.05, 4.69) is 73.8 Å². The van der Waals surface area contributed by atoms with Crippen LogP contribution in [0.25, 0.3) is 0 Å². The van der Waals surface area contributed by atoms with Crippen molar-refractivity contribution >= 4 is 0 Å². The summed E-state index contributed by atoms with van der Waals surface area (Å²) in [6, 6.07) is 0. The smallest absolute Gasteiger partial charge is 0.343 e. The Bertz CT molecular complexity index is 361. The van der Waals surface area contributed by atoms with Crippen LogP contribution in [0.4, 0.5) is 0 Å². The Morgan fingerprint density at radius 2 is 0.878 bits per heavy atom. The molecule has 0 aromatic rings. The van der Waals surface area contributed by atoms with Crippen molar-refractivity contribution < 1.29 is 51.4 Å². The quantitative estimate of drug-likeness (QED) is 0.0538. The molecule has 0 bridgehead atoms. The van der Waals surface area contributed by atoms with Crippen LogP contribution >= 0.6 is 0 Å². The van der Waals surface area contributed by atoms with Gasteiger partial charge in [0.05, 0.1) is 0 Å². The van der Waals surface area contributed by atoms with E-state index in [1.165, 1.54) is 154 Å². The molecule has 2 heteroatoms. The molecule has 0 aliphatic rings. The first kappa shape index (κ1) is 52.1. The number of hydrogen-bond donors (Lipinski definition) is 0. The minimum atomic E-state index is 0. The predicted octanol–water partition coefficient (Wildman–Crippen LogP) is 11.3. The molecule has 2 atom stereocenters. The van der Waals surface area contributed by atoms with E-state index in [1.54, 1.807) is 0 Å². The van der Waals surface area contributed by atoms with Gasteiger partial charge in [0, 0.05) is 13.1 Å². The first-order valence-corrected chi connectivity index (χ1v) is 18.7. The first-order chi connectivity index (χ1) is 19.4. The summed E-state index contributed by atoms with van der Waals surface area (Å²) >= 11 is 0. The van der Waals surface area contributed by atoms with Crippen LogP contribution in [0.3, 0.4) is 0 Å². The van der Waals surface area contributed by atoms with Crippen LogP contribution in [0.15, 0.2) is 0 Å². The Balaban J connectivity index is -0.000000180. The second-order valence-corrected chi connectivity index (χ2v) is 12.3. The average Bonchev–Trinajstić information content (AvgIpc) is 2.95. The maximum absolute atomic E-state index is 3.92. The molecule has 0 saturated heterocycles. The summed E-state index contributed by atoms with van der Waals surface area (Å²) < 4.78 is 0. The number of unbranched alkanes of at least 4 members (excludes halogenated alkanes) is 18. The van der Waals surface area contributed by atoms with E-state index >= 15 is 0 Å². The maximum atomic E-state index is 3.92. The molecule has 0 spiro atoms. The molecule has 0 aromatic carbocycles. The van der Waals surface area contributed by atoms with Crippen molar-refractivity contribution in [3.05, 3.63) is 13.3 Å². The van der Waals surface area contributed by atoms with Gasteiger partial charge in [-0.2, -0.15) is 19.3 Å². The molecule has 0 aliphatic carbocycles. The standard InChI is InChI=1S/C20H42N.C11H23.C6H14.C2H6.K/c1-6-8-10-12-14-16-20(4)18-21(5)17-19(3)15-13-11-9-7-2;1-3-5-7-9-11-10-8-6-4-2;1-3-5-6-4-2;1-2;/h19-20H,2,6-18H2,1,3-5H3;5H,3-4,6-11H2,1-2H3;3-6H2,1-2H3;1-2H3;/q2*-1;;;+1. The Labute approximate surface area is 308 Å². The van der Waals surface area contributed by atoms with Crippen molar-refractivity contribution in [2.45, 2.75) is 210 Å². The summed E-state index contributed by atoms with van der Waals surface area (Å²) in [7, 11) is 2.31. The molecule has 248 valence electrons. The van der Waals surface area contributed by atoms with E-state index in [4.69, 9.17) is 0 Å². The van der Waals surface area contributed by atoms with Gasteiger partial charge in [-0.25, -0.2) is 0 Å². The molecule has 0 saturated carbocycles. The van der Waals surface area contributed by atoms with E-state index in [0.29, 0.717) is 0 Å². The second-order valence-electron chi connectivity index (χ2n) is 12.3. The number of hydrogen-bond acceptors (Lipinski definition) is 1. The van der Waals surface area contributed by atoms with Crippen molar-refractivity contribution in [2.75, 3.05) is 20.1 Å². The van der Waals surface area contributed by atoms with Crippen LogP contribution in [0.5, 0.6) is 0 Å². The van der Waals surface area contributed by atoms with Crippen LogP contribution in [0.2, 0.25) is 0 Å². The maximum Gasteiger partial charge on any atom is 1.00 e. The normalized spacial score (nSPS) is 11.7.